The number of carboxylic acid groups (broad SMARTS) is 1. The molecule has 0 bridgehead atoms. The van der Waals surface area contributed by atoms with Crippen molar-refractivity contribution >= 4 is 12.0 Å². The number of hydrogen-bond donors (Lipinski definition) is 2. The zero-order chi connectivity index (χ0) is 15.5. The molecule has 0 aromatic rings. The van der Waals surface area contributed by atoms with Crippen LogP contribution < -0.4 is 5.32 Å². The molecule has 1 aliphatic heterocycles. The lowest BCUT2D eigenvalue weighted by Gasteiger charge is -2.40. The number of piperidine rings is 1. The highest BCUT2D eigenvalue weighted by Crippen LogP contribution is 2.46. The molecule has 1 aliphatic carbocycles. The van der Waals surface area contributed by atoms with Gasteiger partial charge in [0.15, 0.2) is 0 Å². The van der Waals surface area contributed by atoms with Crippen LogP contribution >= 0.6 is 0 Å². The SMILES string of the molecule is CC(C)C(CC(=O)O)NC(=O)N1CCC2(CCCC2)CC1. The van der Waals surface area contributed by atoms with Crippen LogP contribution in [0.1, 0.15) is 58.8 Å². The fourth-order valence-electron chi connectivity index (χ4n) is 3.70. The van der Waals surface area contributed by atoms with Gasteiger partial charge in [0.05, 0.1) is 6.42 Å². The first-order chi connectivity index (χ1) is 9.92. The summed E-state index contributed by atoms with van der Waals surface area (Å²) in [5, 5.41) is 11.8. The summed E-state index contributed by atoms with van der Waals surface area (Å²) in [6.07, 6.45) is 7.49. The number of nitrogens with one attached hydrogen (secondary N) is 1. The number of rotatable bonds is 4. The lowest BCUT2D eigenvalue weighted by molar-refractivity contribution is -0.137. The summed E-state index contributed by atoms with van der Waals surface area (Å²) in [7, 11) is 0. The van der Waals surface area contributed by atoms with Gasteiger partial charge in [0.1, 0.15) is 0 Å². The van der Waals surface area contributed by atoms with Crippen LogP contribution in [-0.2, 0) is 4.79 Å². The first-order valence-corrected chi connectivity index (χ1v) is 8.19. The predicted molar refractivity (Wildman–Crippen MR) is 81.1 cm³/mol. The van der Waals surface area contributed by atoms with E-state index in [9.17, 15) is 9.59 Å². The first-order valence-electron chi connectivity index (χ1n) is 8.19. The molecule has 2 N–H and O–H groups in total. The Balaban J connectivity index is 1.84. The summed E-state index contributed by atoms with van der Waals surface area (Å²) in [6, 6.07) is -0.389. The Labute approximate surface area is 127 Å². The topological polar surface area (TPSA) is 69.6 Å². The fourth-order valence-corrected chi connectivity index (χ4v) is 3.70. The molecule has 2 amide bonds. The minimum atomic E-state index is -0.863. The normalized spacial score (nSPS) is 22.5. The molecule has 1 heterocycles. The van der Waals surface area contributed by atoms with Gasteiger partial charge in [-0.05, 0) is 37.0 Å². The standard InChI is InChI=1S/C16H28N2O3/c1-12(2)13(11-14(19)20)17-15(21)18-9-7-16(8-10-18)5-3-4-6-16/h12-13H,3-11H2,1-2H3,(H,17,21)(H,19,20). The van der Waals surface area contributed by atoms with Crippen LogP contribution in [0.25, 0.3) is 0 Å². The summed E-state index contributed by atoms with van der Waals surface area (Å²) < 4.78 is 0. The molecule has 0 aromatic carbocycles. The van der Waals surface area contributed by atoms with E-state index in [4.69, 9.17) is 5.11 Å². The highest BCUT2D eigenvalue weighted by molar-refractivity contribution is 5.76. The second kappa shape index (κ2) is 6.67. The van der Waals surface area contributed by atoms with Gasteiger partial charge in [-0.25, -0.2) is 4.79 Å². The van der Waals surface area contributed by atoms with Crippen molar-refractivity contribution in [2.24, 2.45) is 11.3 Å². The monoisotopic (exact) mass is 296 g/mol. The summed E-state index contributed by atoms with van der Waals surface area (Å²) in [5.41, 5.74) is 0.495. The molecule has 5 heteroatoms. The van der Waals surface area contributed by atoms with E-state index >= 15 is 0 Å². The Kier molecular flexibility index (Phi) is 5.12. The van der Waals surface area contributed by atoms with Crippen LogP contribution in [0.15, 0.2) is 0 Å². The van der Waals surface area contributed by atoms with E-state index in [-0.39, 0.29) is 24.4 Å². The number of hydrogen-bond acceptors (Lipinski definition) is 2. The number of carbonyl (C=O) groups excluding carboxylic acids is 1. The maximum atomic E-state index is 12.3. The van der Waals surface area contributed by atoms with Gasteiger partial charge in [-0.3, -0.25) is 4.79 Å². The van der Waals surface area contributed by atoms with E-state index in [1.807, 2.05) is 18.7 Å². The molecule has 0 aromatic heterocycles. The number of carboxylic acids is 1. The number of nitrogens with zero attached hydrogens (tertiary/aromatic N) is 1. The zero-order valence-electron chi connectivity index (χ0n) is 13.2. The number of amides is 2. The van der Waals surface area contributed by atoms with E-state index < -0.39 is 5.97 Å². The Bertz CT molecular complexity index is 379. The first kappa shape index (κ1) is 16.1. The zero-order valence-corrected chi connectivity index (χ0v) is 13.2. The van der Waals surface area contributed by atoms with Crippen LogP contribution in [0, 0.1) is 11.3 Å². The Hall–Kier alpha value is -1.26. The molecule has 21 heavy (non-hydrogen) atoms. The van der Waals surface area contributed by atoms with Crippen LogP contribution in [0.4, 0.5) is 4.79 Å². The number of urea groups is 1. The molecular formula is C16H28N2O3. The van der Waals surface area contributed by atoms with Crippen molar-refractivity contribution in [2.45, 2.75) is 64.8 Å². The molecule has 2 rings (SSSR count). The average molecular weight is 296 g/mol. The molecular weight excluding hydrogens is 268 g/mol. The van der Waals surface area contributed by atoms with Gasteiger partial charge in [-0.15, -0.1) is 0 Å². The van der Waals surface area contributed by atoms with Crippen LogP contribution in [0.2, 0.25) is 0 Å². The molecule has 1 spiro atoms. The molecule has 1 saturated heterocycles. The van der Waals surface area contributed by atoms with Crippen molar-refractivity contribution < 1.29 is 14.7 Å². The lowest BCUT2D eigenvalue weighted by atomic mass is 9.77. The molecule has 1 unspecified atom stereocenters. The third kappa shape index (κ3) is 4.11. The second-order valence-electron chi connectivity index (χ2n) is 7.09. The fraction of sp³-hybridized carbons (Fsp3) is 0.875. The summed E-state index contributed by atoms with van der Waals surface area (Å²) in [4.78, 5) is 25.1. The van der Waals surface area contributed by atoms with Gasteiger partial charge >= 0.3 is 12.0 Å². The van der Waals surface area contributed by atoms with Crippen LogP contribution in [-0.4, -0.2) is 41.1 Å². The van der Waals surface area contributed by atoms with Gasteiger partial charge in [0.2, 0.25) is 0 Å². The molecule has 1 atom stereocenters. The average Bonchev–Trinajstić information content (AvgIpc) is 2.86. The van der Waals surface area contributed by atoms with E-state index in [1.54, 1.807) is 0 Å². The van der Waals surface area contributed by atoms with Gasteiger partial charge in [0, 0.05) is 19.1 Å². The number of carbonyl (C=O) groups is 2. The van der Waals surface area contributed by atoms with E-state index in [1.165, 1.54) is 25.7 Å². The number of likely N-dealkylation sites (tertiary alicyclic amines) is 1. The molecule has 2 aliphatic rings. The van der Waals surface area contributed by atoms with Gasteiger partial charge in [-0.1, -0.05) is 26.7 Å². The molecule has 1 saturated carbocycles. The van der Waals surface area contributed by atoms with Crippen molar-refractivity contribution in [2.75, 3.05) is 13.1 Å². The summed E-state index contributed by atoms with van der Waals surface area (Å²) in [6.45, 7) is 5.50. The van der Waals surface area contributed by atoms with Crippen LogP contribution in [0.3, 0.4) is 0 Å². The third-order valence-electron chi connectivity index (χ3n) is 5.28. The largest absolute Gasteiger partial charge is 0.481 e. The van der Waals surface area contributed by atoms with Crippen molar-refractivity contribution in [3.63, 3.8) is 0 Å². The Morgan fingerprint density at radius 3 is 2.19 bits per heavy atom. The van der Waals surface area contributed by atoms with E-state index in [0.717, 1.165) is 25.9 Å². The summed E-state index contributed by atoms with van der Waals surface area (Å²) >= 11 is 0. The van der Waals surface area contributed by atoms with Gasteiger partial charge in [-0.2, -0.15) is 0 Å². The molecule has 0 radical (unpaired) electrons. The minimum Gasteiger partial charge on any atom is -0.481 e. The second-order valence-corrected chi connectivity index (χ2v) is 7.09. The molecule has 2 fully saturated rings. The van der Waals surface area contributed by atoms with Gasteiger partial charge in [0.25, 0.3) is 0 Å². The van der Waals surface area contributed by atoms with Gasteiger partial charge < -0.3 is 15.3 Å². The van der Waals surface area contributed by atoms with Crippen LogP contribution in [0.5, 0.6) is 0 Å². The highest BCUT2D eigenvalue weighted by atomic mass is 16.4. The van der Waals surface area contributed by atoms with E-state index in [0.29, 0.717) is 5.41 Å². The Morgan fingerprint density at radius 2 is 1.71 bits per heavy atom. The van der Waals surface area contributed by atoms with Crippen molar-refractivity contribution in [3.05, 3.63) is 0 Å². The van der Waals surface area contributed by atoms with E-state index in [2.05, 4.69) is 5.32 Å². The lowest BCUT2D eigenvalue weighted by Crippen LogP contribution is -2.51. The smallest absolute Gasteiger partial charge is 0.317 e. The third-order valence-corrected chi connectivity index (χ3v) is 5.28. The Morgan fingerprint density at radius 1 is 1.14 bits per heavy atom. The summed E-state index contributed by atoms with van der Waals surface area (Å²) in [5.74, 6) is -0.742. The number of aliphatic carboxylic acids is 1. The minimum absolute atomic E-state index is 0.0127. The quantitative estimate of drug-likeness (QED) is 0.838. The highest BCUT2D eigenvalue weighted by Gasteiger charge is 2.38. The maximum Gasteiger partial charge on any atom is 0.317 e. The van der Waals surface area contributed by atoms with Crippen molar-refractivity contribution in [3.8, 4) is 0 Å². The molecule has 5 nitrogen and oxygen atoms in total. The van der Waals surface area contributed by atoms with Crippen molar-refractivity contribution in [1.29, 1.82) is 0 Å². The van der Waals surface area contributed by atoms with Crippen molar-refractivity contribution in [1.82, 2.24) is 10.2 Å². The maximum absolute atomic E-state index is 12.3. The molecule has 120 valence electrons. The predicted octanol–water partition coefficient (Wildman–Crippen LogP) is 2.85.